The number of rotatable bonds is 10. The maximum absolute atomic E-state index is 13.0. The average molecular weight is 451 g/mol. The molecule has 0 aliphatic rings. The van der Waals surface area contributed by atoms with Gasteiger partial charge >= 0.3 is 6.03 Å². The van der Waals surface area contributed by atoms with E-state index in [1.54, 1.807) is 38.4 Å². The van der Waals surface area contributed by atoms with Gasteiger partial charge in [0, 0.05) is 43.4 Å². The molecule has 7 heteroatoms. The number of unbranched alkanes of at least 4 members (excludes halogenated alkanes) is 1. The third kappa shape index (κ3) is 6.42. The molecule has 0 radical (unpaired) electrons. The number of hydrogen-bond acceptors (Lipinski definition) is 4. The highest BCUT2D eigenvalue weighted by Crippen LogP contribution is 2.36. The second kappa shape index (κ2) is 11.6. The maximum atomic E-state index is 13.0. The summed E-state index contributed by atoms with van der Waals surface area (Å²) in [4.78, 5) is 14.8. The number of amides is 2. The number of carbonyl (C=O) groups excluding carboxylic acids is 1. The van der Waals surface area contributed by atoms with E-state index in [-0.39, 0.29) is 6.03 Å². The smallest absolute Gasteiger partial charge is 0.322 e. The van der Waals surface area contributed by atoms with Crippen LogP contribution in [0.3, 0.4) is 0 Å². The van der Waals surface area contributed by atoms with Crippen molar-refractivity contribution < 1.29 is 19.0 Å². The van der Waals surface area contributed by atoms with Crippen LogP contribution in [0.4, 0.5) is 10.5 Å². The zero-order valence-electron chi connectivity index (χ0n) is 16.5. The summed E-state index contributed by atoms with van der Waals surface area (Å²) in [5, 5.41) is 2.97. The molecule has 1 N–H and O–H groups in total. The summed E-state index contributed by atoms with van der Waals surface area (Å²) in [6, 6.07) is 13.3. The maximum Gasteiger partial charge on any atom is 0.322 e. The second-order valence-corrected chi connectivity index (χ2v) is 7.08. The van der Waals surface area contributed by atoms with Gasteiger partial charge in [-0.3, -0.25) is 0 Å². The molecule has 2 rings (SSSR count). The van der Waals surface area contributed by atoms with Gasteiger partial charge in [0.15, 0.2) is 11.5 Å². The van der Waals surface area contributed by atoms with E-state index in [9.17, 15) is 4.79 Å². The van der Waals surface area contributed by atoms with Crippen molar-refractivity contribution in [1.82, 2.24) is 4.90 Å². The van der Waals surface area contributed by atoms with Gasteiger partial charge in [0.25, 0.3) is 0 Å². The van der Waals surface area contributed by atoms with Crippen molar-refractivity contribution in [2.45, 2.75) is 19.4 Å². The zero-order chi connectivity index (χ0) is 20.4. The summed E-state index contributed by atoms with van der Waals surface area (Å²) < 4.78 is 16.5. The third-order valence-corrected chi connectivity index (χ3v) is 4.90. The Labute approximate surface area is 174 Å². The van der Waals surface area contributed by atoms with Gasteiger partial charge in [-0.2, -0.15) is 0 Å². The number of methoxy groups -OCH3 is 3. The van der Waals surface area contributed by atoms with E-state index in [0.717, 1.165) is 22.9 Å². The van der Waals surface area contributed by atoms with Crippen LogP contribution in [0.15, 0.2) is 46.9 Å². The van der Waals surface area contributed by atoms with Gasteiger partial charge in [-0.15, -0.1) is 0 Å². The molecule has 2 amide bonds. The zero-order valence-corrected chi connectivity index (χ0v) is 18.1. The number of ether oxygens (including phenoxy) is 3. The SMILES string of the molecule is COCCCCN(Cc1ccccc1)C(=O)Nc1cc(OC)c(OC)cc1Br. The lowest BCUT2D eigenvalue weighted by Crippen LogP contribution is -2.35. The Morgan fingerprint density at radius 2 is 1.71 bits per heavy atom. The molecule has 0 unspecified atom stereocenters. The summed E-state index contributed by atoms with van der Waals surface area (Å²) in [5.74, 6) is 1.14. The largest absolute Gasteiger partial charge is 0.493 e. The molecular weight excluding hydrogens is 424 g/mol. The van der Waals surface area contributed by atoms with Crippen LogP contribution in [0.2, 0.25) is 0 Å². The molecule has 28 heavy (non-hydrogen) atoms. The molecule has 0 atom stereocenters. The highest BCUT2D eigenvalue weighted by Gasteiger charge is 2.17. The first-order valence-corrected chi connectivity index (χ1v) is 9.88. The van der Waals surface area contributed by atoms with Gasteiger partial charge < -0.3 is 24.4 Å². The lowest BCUT2D eigenvalue weighted by Gasteiger charge is -2.24. The van der Waals surface area contributed by atoms with Crippen molar-refractivity contribution in [3.63, 3.8) is 0 Å². The van der Waals surface area contributed by atoms with E-state index < -0.39 is 0 Å². The molecule has 0 spiro atoms. The van der Waals surface area contributed by atoms with Crippen LogP contribution in [-0.4, -0.2) is 45.4 Å². The number of nitrogens with one attached hydrogen (secondary N) is 1. The second-order valence-electron chi connectivity index (χ2n) is 6.22. The van der Waals surface area contributed by atoms with Crippen molar-refractivity contribution in [1.29, 1.82) is 0 Å². The summed E-state index contributed by atoms with van der Waals surface area (Å²) in [6.45, 7) is 1.85. The van der Waals surface area contributed by atoms with E-state index in [0.29, 0.717) is 36.9 Å². The van der Waals surface area contributed by atoms with E-state index in [4.69, 9.17) is 14.2 Å². The molecule has 0 saturated carbocycles. The summed E-state index contributed by atoms with van der Waals surface area (Å²) in [5.41, 5.74) is 1.70. The van der Waals surface area contributed by atoms with E-state index in [2.05, 4.69) is 21.2 Å². The van der Waals surface area contributed by atoms with Crippen molar-refractivity contribution >= 4 is 27.6 Å². The van der Waals surface area contributed by atoms with Crippen molar-refractivity contribution in [2.75, 3.05) is 39.8 Å². The van der Waals surface area contributed by atoms with Crippen LogP contribution in [0, 0.1) is 0 Å². The number of nitrogens with zero attached hydrogens (tertiary/aromatic N) is 1. The Kier molecular flexibility index (Phi) is 9.10. The Hall–Kier alpha value is -2.25. The fourth-order valence-electron chi connectivity index (χ4n) is 2.75. The highest BCUT2D eigenvalue weighted by atomic mass is 79.9. The Balaban J connectivity index is 2.14. The average Bonchev–Trinajstić information content (AvgIpc) is 2.72. The normalized spacial score (nSPS) is 10.4. The van der Waals surface area contributed by atoms with Gasteiger partial charge in [-0.25, -0.2) is 4.79 Å². The van der Waals surface area contributed by atoms with Crippen LogP contribution in [-0.2, 0) is 11.3 Å². The molecule has 0 bridgehead atoms. The van der Waals surface area contributed by atoms with Gasteiger partial charge in [-0.05, 0) is 34.3 Å². The van der Waals surface area contributed by atoms with Gasteiger partial charge in [0.1, 0.15) is 0 Å². The van der Waals surface area contributed by atoms with Crippen molar-refractivity contribution in [2.24, 2.45) is 0 Å². The molecule has 0 saturated heterocycles. The number of hydrogen-bond donors (Lipinski definition) is 1. The first-order chi connectivity index (χ1) is 13.6. The van der Waals surface area contributed by atoms with E-state index in [1.807, 2.05) is 30.3 Å². The molecule has 0 aliphatic heterocycles. The van der Waals surface area contributed by atoms with Crippen LogP contribution in [0.25, 0.3) is 0 Å². The van der Waals surface area contributed by atoms with E-state index >= 15 is 0 Å². The van der Waals surface area contributed by atoms with E-state index in [1.165, 1.54) is 0 Å². The Morgan fingerprint density at radius 1 is 1.04 bits per heavy atom. The molecule has 0 aliphatic carbocycles. The number of halogens is 1. The molecule has 152 valence electrons. The number of urea groups is 1. The molecule has 0 heterocycles. The Morgan fingerprint density at radius 3 is 2.36 bits per heavy atom. The number of anilines is 1. The predicted molar refractivity (Wildman–Crippen MR) is 114 cm³/mol. The van der Waals surface area contributed by atoms with Crippen LogP contribution in [0.1, 0.15) is 18.4 Å². The van der Waals surface area contributed by atoms with Crippen molar-refractivity contribution in [3.8, 4) is 11.5 Å². The molecule has 2 aromatic rings. The third-order valence-electron chi connectivity index (χ3n) is 4.24. The first kappa shape index (κ1) is 22.0. The lowest BCUT2D eigenvalue weighted by molar-refractivity contribution is 0.182. The van der Waals surface area contributed by atoms with Gasteiger partial charge in [0.05, 0.1) is 19.9 Å². The molecule has 6 nitrogen and oxygen atoms in total. The van der Waals surface area contributed by atoms with Crippen LogP contribution >= 0.6 is 15.9 Å². The highest BCUT2D eigenvalue weighted by molar-refractivity contribution is 9.10. The topological polar surface area (TPSA) is 60.0 Å². The van der Waals surface area contributed by atoms with Crippen LogP contribution < -0.4 is 14.8 Å². The fraction of sp³-hybridized carbons (Fsp3) is 0.381. The minimum absolute atomic E-state index is 0.172. The summed E-state index contributed by atoms with van der Waals surface area (Å²) in [6.07, 6.45) is 1.76. The minimum atomic E-state index is -0.172. The van der Waals surface area contributed by atoms with Gasteiger partial charge in [0.2, 0.25) is 0 Å². The fourth-order valence-corrected chi connectivity index (χ4v) is 3.17. The first-order valence-electron chi connectivity index (χ1n) is 9.09. The van der Waals surface area contributed by atoms with Crippen LogP contribution in [0.5, 0.6) is 11.5 Å². The minimum Gasteiger partial charge on any atom is -0.493 e. The summed E-state index contributed by atoms with van der Waals surface area (Å²) in [7, 11) is 4.82. The van der Waals surface area contributed by atoms with Crippen molar-refractivity contribution in [3.05, 3.63) is 52.5 Å². The predicted octanol–water partition coefficient (Wildman–Crippen LogP) is 4.93. The summed E-state index contributed by atoms with van der Waals surface area (Å²) >= 11 is 3.48. The molecule has 0 fully saturated rings. The number of carbonyl (C=O) groups is 1. The monoisotopic (exact) mass is 450 g/mol. The standard InChI is InChI=1S/C21H27BrN2O4/c1-26-12-8-7-11-24(15-16-9-5-4-6-10-16)21(25)23-18-14-20(28-3)19(27-2)13-17(18)22/h4-6,9-10,13-14H,7-8,11-12,15H2,1-3H3,(H,23,25). The quantitative estimate of drug-likeness (QED) is 0.521. The lowest BCUT2D eigenvalue weighted by atomic mass is 10.2. The molecule has 2 aromatic carbocycles. The molecule has 0 aromatic heterocycles. The Bertz CT molecular complexity index is 756. The number of benzene rings is 2. The van der Waals surface area contributed by atoms with Gasteiger partial charge in [-0.1, -0.05) is 30.3 Å². The molecular formula is C21H27BrN2O4.